The van der Waals surface area contributed by atoms with Gasteiger partial charge in [0.2, 0.25) is 5.91 Å². The minimum Gasteiger partial charge on any atom is -0.480 e. The van der Waals surface area contributed by atoms with E-state index >= 15 is 0 Å². The average molecular weight is 320 g/mol. The molecule has 1 amide bonds. The van der Waals surface area contributed by atoms with Crippen LogP contribution in [0.15, 0.2) is 0 Å². The fraction of sp³-hybridized carbons (Fsp3) is 0.857. The van der Waals surface area contributed by atoms with Gasteiger partial charge in [0.15, 0.2) is 8.24 Å². The van der Waals surface area contributed by atoms with Gasteiger partial charge in [0.1, 0.15) is 6.04 Å². The predicted molar refractivity (Wildman–Crippen MR) is 83.5 cm³/mol. The highest BCUT2D eigenvalue weighted by Gasteiger charge is 2.66. The molecule has 0 aromatic rings. The fourth-order valence-corrected chi connectivity index (χ4v) is 5.39. The molecule has 6 heteroatoms. The van der Waals surface area contributed by atoms with E-state index in [1.807, 2.05) is 0 Å². The summed E-state index contributed by atoms with van der Waals surface area (Å²) in [6.45, 7) is 12.2. The molecule has 1 fully saturated rings. The van der Waals surface area contributed by atoms with Crippen LogP contribution in [0.3, 0.4) is 0 Å². The standard InChI is InChI=1S/C14H26ClNO3Si/c1-13(2,3)20(5,6)16-10(11(17)18)14(4,12(16)19)8-7-9-15/h10H,7-9H2,1-6H3,(H,17,18)/t10?,14-/m0/s1. The van der Waals surface area contributed by atoms with Crippen LogP contribution in [0.2, 0.25) is 18.1 Å². The molecule has 0 aromatic heterocycles. The van der Waals surface area contributed by atoms with Gasteiger partial charge in [0, 0.05) is 5.88 Å². The maximum absolute atomic E-state index is 12.7. The molecule has 20 heavy (non-hydrogen) atoms. The van der Waals surface area contributed by atoms with Crippen molar-refractivity contribution in [1.82, 2.24) is 4.57 Å². The van der Waals surface area contributed by atoms with Crippen LogP contribution in [0.4, 0.5) is 0 Å². The molecule has 0 radical (unpaired) electrons. The molecule has 2 atom stereocenters. The van der Waals surface area contributed by atoms with Crippen molar-refractivity contribution in [3.05, 3.63) is 0 Å². The van der Waals surface area contributed by atoms with Gasteiger partial charge in [-0.2, -0.15) is 0 Å². The third-order valence-electron chi connectivity index (χ3n) is 5.07. The van der Waals surface area contributed by atoms with Gasteiger partial charge in [-0.1, -0.05) is 33.9 Å². The van der Waals surface area contributed by atoms with Gasteiger partial charge in [-0.3, -0.25) is 4.79 Å². The smallest absolute Gasteiger partial charge is 0.326 e. The van der Waals surface area contributed by atoms with Crippen LogP contribution in [0.25, 0.3) is 0 Å². The van der Waals surface area contributed by atoms with Crippen molar-refractivity contribution in [3.63, 3.8) is 0 Å². The lowest BCUT2D eigenvalue weighted by Crippen LogP contribution is -2.79. The van der Waals surface area contributed by atoms with Gasteiger partial charge in [0.05, 0.1) is 5.41 Å². The van der Waals surface area contributed by atoms with Crippen molar-refractivity contribution >= 4 is 31.7 Å². The number of hydrogen-bond donors (Lipinski definition) is 1. The van der Waals surface area contributed by atoms with E-state index in [-0.39, 0.29) is 10.9 Å². The lowest BCUT2D eigenvalue weighted by Gasteiger charge is -2.61. The highest BCUT2D eigenvalue weighted by molar-refractivity contribution is 6.80. The third kappa shape index (κ3) is 2.50. The molecule has 4 nitrogen and oxygen atoms in total. The SMILES string of the molecule is CC(C)(C)[Si](C)(C)N1C(=O)[C@@](C)(CCCCl)C1C(=O)O. The van der Waals surface area contributed by atoms with Crippen LogP contribution in [-0.4, -0.2) is 41.7 Å². The van der Waals surface area contributed by atoms with E-state index < -0.39 is 25.7 Å². The summed E-state index contributed by atoms with van der Waals surface area (Å²) in [6.07, 6.45) is 1.20. The monoisotopic (exact) mass is 319 g/mol. The molecule has 1 unspecified atom stereocenters. The minimum absolute atomic E-state index is 0.0124. The number of alkyl halides is 1. The van der Waals surface area contributed by atoms with Gasteiger partial charge in [-0.05, 0) is 24.8 Å². The first-order valence-corrected chi connectivity index (χ1v) is 10.5. The van der Waals surface area contributed by atoms with Crippen molar-refractivity contribution < 1.29 is 14.7 Å². The normalized spacial score (nSPS) is 27.4. The Balaban J connectivity index is 3.13. The lowest BCUT2D eigenvalue weighted by atomic mass is 9.71. The quantitative estimate of drug-likeness (QED) is 0.480. The largest absolute Gasteiger partial charge is 0.480 e. The van der Waals surface area contributed by atoms with E-state index in [1.165, 1.54) is 0 Å². The Morgan fingerprint density at radius 3 is 2.30 bits per heavy atom. The molecule has 0 aromatic carbocycles. The first-order chi connectivity index (χ1) is 8.91. The molecule has 1 N–H and O–H groups in total. The van der Waals surface area contributed by atoms with Gasteiger partial charge in [-0.25, -0.2) is 4.79 Å². The molecular weight excluding hydrogens is 294 g/mol. The molecule has 0 bridgehead atoms. The number of β-lactam (4-membered cyclic amide) rings is 1. The van der Waals surface area contributed by atoms with Crippen molar-refractivity contribution in [2.24, 2.45) is 5.41 Å². The molecule has 0 aliphatic carbocycles. The van der Waals surface area contributed by atoms with E-state index in [0.717, 1.165) is 0 Å². The lowest BCUT2D eigenvalue weighted by molar-refractivity contribution is -0.175. The number of carboxylic acid groups (broad SMARTS) is 1. The number of hydrogen-bond acceptors (Lipinski definition) is 2. The zero-order valence-electron chi connectivity index (χ0n) is 13.3. The number of amides is 1. The van der Waals surface area contributed by atoms with Crippen LogP contribution in [-0.2, 0) is 9.59 Å². The van der Waals surface area contributed by atoms with Gasteiger partial charge < -0.3 is 9.67 Å². The average Bonchev–Trinajstić information content (AvgIpc) is 2.29. The zero-order chi connectivity index (χ0) is 15.9. The Kier molecular flexibility index (Phi) is 4.67. The molecule has 1 rings (SSSR count). The second-order valence-electron chi connectivity index (χ2n) is 7.43. The maximum atomic E-state index is 12.7. The number of carbonyl (C=O) groups excluding carboxylic acids is 1. The second kappa shape index (κ2) is 5.33. The summed E-state index contributed by atoms with van der Waals surface area (Å²) >= 11 is 5.70. The molecule has 1 heterocycles. The Bertz CT molecular complexity index is 419. The summed E-state index contributed by atoms with van der Waals surface area (Å²) in [5.74, 6) is -0.455. The topological polar surface area (TPSA) is 57.6 Å². The number of nitrogens with zero attached hydrogens (tertiary/aromatic N) is 1. The highest BCUT2D eigenvalue weighted by Crippen LogP contribution is 2.51. The fourth-order valence-electron chi connectivity index (χ4n) is 2.73. The Hall–Kier alpha value is -0.553. The van der Waals surface area contributed by atoms with Crippen molar-refractivity contribution in [2.75, 3.05) is 5.88 Å². The second-order valence-corrected chi connectivity index (χ2v) is 12.9. The summed E-state index contributed by atoms with van der Waals surface area (Å²) in [4.78, 5) is 24.3. The first kappa shape index (κ1) is 17.5. The summed E-state index contributed by atoms with van der Waals surface area (Å²) in [7, 11) is -2.17. The Labute approximate surface area is 127 Å². The molecular formula is C14H26ClNO3Si. The van der Waals surface area contributed by atoms with E-state index in [4.69, 9.17) is 11.6 Å². The van der Waals surface area contributed by atoms with Gasteiger partial charge in [-0.15, -0.1) is 11.6 Å². The number of carbonyl (C=O) groups is 2. The van der Waals surface area contributed by atoms with E-state index in [0.29, 0.717) is 18.7 Å². The highest BCUT2D eigenvalue weighted by atomic mass is 35.5. The van der Waals surface area contributed by atoms with E-state index in [2.05, 4.69) is 33.9 Å². The molecule has 0 saturated carbocycles. The Morgan fingerprint density at radius 2 is 1.95 bits per heavy atom. The summed E-state index contributed by atoms with van der Waals surface area (Å²) < 4.78 is 1.68. The summed E-state index contributed by atoms with van der Waals surface area (Å²) in [5.41, 5.74) is -0.795. The first-order valence-electron chi connectivity index (χ1n) is 7.04. The summed E-state index contributed by atoms with van der Waals surface area (Å²) in [6, 6.07) is -0.709. The van der Waals surface area contributed by atoms with Crippen LogP contribution in [0.5, 0.6) is 0 Å². The minimum atomic E-state index is -2.17. The molecule has 116 valence electrons. The van der Waals surface area contributed by atoms with Crippen LogP contribution in [0.1, 0.15) is 40.5 Å². The van der Waals surface area contributed by atoms with Crippen LogP contribution < -0.4 is 0 Å². The van der Waals surface area contributed by atoms with Gasteiger partial charge >= 0.3 is 5.97 Å². The summed E-state index contributed by atoms with van der Waals surface area (Å²) in [5, 5.41) is 9.52. The number of aliphatic carboxylic acids is 1. The molecule has 0 spiro atoms. The zero-order valence-corrected chi connectivity index (χ0v) is 15.0. The molecule has 1 aliphatic heterocycles. The van der Waals surface area contributed by atoms with Crippen LogP contribution >= 0.6 is 11.6 Å². The van der Waals surface area contributed by atoms with E-state index in [1.54, 1.807) is 11.5 Å². The number of carboxylic acids is 1. The Morgan fingerprint density at radius 1 is 1.45 bits per heavy atom. The molecule has 1 saturated heterocycles. The van der Waals surface area contributed by atoms with Crippen molar-refractivity contribution in [3.8, 4) is 0 Å². The van der Waals surface area contributed by atoms with Crippen LogP contribution in [0, 0.1) is 5.41 Å². The molecule has 1 aliphatic rings. The van der Waals surface area contributed by atoms with Crippen molar-refractivity contribution in [2.45, 2.75) is 64.7 Å². The van der Waals surface area contributed by atoms with Crippen molar-refractivity contribution in [1.29, 1.82) is 0 Å². The maximum Gasteiger partial charge on any atom is 0.326 e. The number of rotatable bonds is 5. The third-order valence-corrected chi connectivity index (χ3v) is 10.7. The number of halogens is 1. The van der Waals surface area contributed by atoms with Gasteiger partial charge in [0.25, 0.3) is 0 Å². The predicted octanol–water partition coefficient (Wildman–Crippen LogP) is 3.31. The van der Waals surface area contributed by atoms with E-state index in [9.17, 15) is 14.7 Å².